The molecule has 2 aliphatic carbocycles. The van der Waals surface area contributed by atoms with Crippen LogP contribution in [0.15, 0.2) is 36.4 Å². The number of rotatable bonds is 0. The summed E-state index contributed by atoms with van der Waals surface area (Å²) in [4.78, 5) is 0. The summed E-state index contributed by atoms with van der Waals surface area (Å²) >= 11 is 0. The average molecular weight is 200 g/mol. The lowest BCUT2D eigenvalue weighted by Gasteiger charge is -1.96. The fourth-order valence-corrected chi connectivity index (χ4v) is 2.38. The Hall–Kier alpha value is -1.04. The third-order valence-corrected chi connectivity index (χ3v) is 3.59. The summed E-state index contributed by atoms with van der Waals surface area (Å²) in [7, 11) is 0. The molecule has 2 unspecified atom stereocenters. The van der Waals surface area contributed by atoms with Crippen molar-refractivity contribution in [3.8, 4) is 0 Å². The van der Waals surface area contributed by atoms with Gasteiger partial charge in [-0.15, -0.1) is 0 Å². The molecule has 0 saturated heterocycles. The van der Waals surface area contributed by atoms with Gasteiger partial charge in [0.05, 0.1) is 0 Å². The summed E-state index contributed by atoms with van der Waals surface area (Å²) in [5.41, 5.74) is 2.74. The van der Waals surface area contributed by atoms with Crippen molar-refractivity contribution in [2.24, 2.45) is 11.8 Å². The first-order valence-electron chi connectivity index (χ1n) is 5.96. The van der Waals surface area contributed by atoms with Crippen molar-refractivity contribution >= 4 is 0 Å². The zero-order valence-corrected chi connectivity index (χ0v) is 9.74. The summed E-state index contributed by atoms with van der Waals surface area (Å²) in [6, 6.07) is 8.36. The second-order valence-corrected chi connectivity index (χ2v) is 4.80. The highest BCUT2D eigenvalue weighted by atomic mass is 14.3. The van der Waals surface area contributed by atoms with E-state index in [0.29, 0.717) is 0 Å². The van der Waals surface area contributed by atoms with Crippen LogP contribution in [0.4, 0.5) is 0 Å². The van der Waals surface area contributed by atoms with Gasteiger partial charge in [-0.25, -0.2) is 0 Å². The molecule has 1 aromatic rings. The van der Waals surface area contributed by atoms with Gasteiger partial charge in [0.1, 0.15) is 0 Å². The molecular formula is C15H20. The molecule has 1 saturated carbocycles. The third-order valence-electron chi connectivity index (χ3n) is 3.59. The predicted octanol–water partition coefficient (Wildman–Crippen LogP) is 4.28. The van der Waals surface area contributed by atoms with Crippen LogP contribution >= 0.6 is 0 Å². The molecule has 0 amide bonds. The second-order valence-electron chi connectivity index (χ2n) is 4.80. The largest absolute Gasteiger partial charge is 0.0851 e. The van der Waals surface area contributed by atoms with Gasteiger partial charge in [-0.05, 0) is 56.1 Å². The fourth-order valence-electron chi connectivity index (χ4n) is 2.38. The predicted molar refractivity (Wildman–Crippen MR) is 65.9 cm³/mol. The number of hydrogen-bond donors (Lipinski definition) is 0. The molecule has 3 rings (SSSR count). The zero-order valence-electron chi connectivity index (χ0n) is 9.74. The molecule has 2 atom stereocenters. The molecule has 0 radical (unpaired) electrons. The fraction of sp³-hybridized carbons (Fsp3) is 0.467. The number of hydrogen-bond acceptors (Lipinski definition) is 0. The van der Waals surface area contributed by atoms with Crippen molar-refractivity contribution in [1.82, 2.24) is 0 Å². The highest BCUT2D eigenvalue weighted by Gasteiger charge is 2.25. The van der Waals surface area contributed by atoms with Crippen LogP contribution in [-0.2, 0) is 0 Å². The van der Waals surface area contributed by atoms with Gasteiger partial charge >= 0.3 is 0 Å². The van der Waals surface area contributed by atoms with Gasteiger partial charge in [-0.2, -0.15) is 0 Å². The maximum Gasteiger partial charge on any atom is -0.0228 e. The first-order chi connectivity index (χ1) is 7.25. The smallest absolute Gasteiger partial charge is 0.0228 e. The van der Waals surface area contributed by atoms with Crippen LogP contribution in [0.5, 0.6) is 0 Å². The van der Waals surface area contributed by atoms with Crippen LogP contribution in [0, 0.1) is 25.7 Å². The lowest BCUT2D eigenvalue weighted by atomic mass is 10.1. The molecule has 0 nitrogen and oxygen atoms in total. The average Bonchev–Trinajstić information content (AvgIpc) is 2.87. The van der Waals surface area contributed by atoms with E-state index in [4.69, 9.17) is 0 Å². The van der Waals surface area contributed by atoms with Gasteiger partial charge in [0, 0.05) is 0 Å². The van der Waals surface area contributed by atoms with E-state index in [-0.39, 0.29) is 0 Å². The van der Waals surface area contributed by atoms with Crippen LogP contribution in [0.3, 0.4) is 0 Å². The van der Waals surface area contributed by atoms with Gasteiger partial charge in [0.25, 0.3) is 0 Å². The molecule has 1 fully saturated rings. The van der Waals surface area contributed by atoms with E-state index in [2.05, 4.69) is 50.3 Å². The van der Waals surface area contributed by atoms with E-state index in [1.807, 2.05) is 0 Å². The van der Waals surface area contributed by atoms with E-state index in [1.165, 1.54) is 30.4 Å². The second kappa shape index (κ2) is 4.65. The highest BCUT2D eigenvalue weighted by Crippen LogP contribution is 2.38. The van der Waals surface area contributed by atoms with E-state index in [9.17, 15) is 0 Å². The number of fused-ring (bicyclic) bond motifs is 2. The lowest BCUT2D eigenvalue weighted by molar-refractivity contribution is 0.691. The van der Waals surface area contributed by atoms with Crippen LogP contribution in [0.2, 0.25) is 0 Å². The molecule has 0 N–H and O–H groups in total. The minimum atomic E-state index is 0.991. The Morgan fingerprint density at radius 3 is 1.53 bits per heavy atom. The molecule has 0 heteroatoms. The Kier molecular flexibility index (Phi) is 3.25. The van der Waals surface area contributed by atoms with Crippen LogP contribution in [0.25, 0.3) is 0 Å². The van der Waals surface area contributed by atoms with Crippen molar-refractivity contribution in [1.29, 1.82) is 0 Å². The van der Waals surface area contributed by atoms with Crippen molar-refractivity contribution in [3.63, 3.8) is 0 Å². The lowest BCUT2D eigenvalue weighted by Crippen LogP contribution is -1.82. The van der Waals surface area contributed by atoms with Crippen molar-refractivity contribution in [3.05, 3.63) is 47.5 Å². The van der Waals surface area contributed by atoms with Crippen molar-refractivity contribution in [2.45, 2.75) is 33.1 Å². The van der Waals surface area contributed by atoms with Gasteiger partial charge < -0.3 is 0 Å². The van der Waals surface area contributed by atoms with Gasteiger partial charge in [0.2, 0.25) is 0 Å². The highest BCUT2D eigenvalue weighted by molar-refractivity contribution is 5.23. The Morgan fingerprint density at radius 2 is 1.33 bits per heavy atom. The van der Waals surface area contributed by atoms with E-state index in [1.54, 1.807) is 0 Å². The van der Waals surface area contributed by atoms with E-state index >= 15 is 0 Å². The minimum absolute atomic E-state index is 0.991. The molecule has 2 bridgehead atoms. The molecule has 1 aromatic carbocycles. The number of benzene rings is 1. The summed E-state index contributed by atoms with van der Waals surface area (Å²) in [5, 5.41) is 0. The molecule has 0 spiro atoms. The van der Waals surface area contributed by atoms with Crippen LogP contribution in [-0.4, -0.2) is 0 Å². The first kappa shape index (κ1) is 10.5. The third kappa shape index (κ3) is 2.71. The standard InChI is InChI=1S/C8H10.C7H10/c1-7-5-3-4-6-8(7)2;1-2-7-4-3-6(1)5-7/h3-6H,1-2H3;1-2,6-7H,3-5H2. The Balaban J connectivity index is 0.000000114. The SMILES string of the molecule is C1=CC2CCC1C2.Cc1ccccc1C. The van der Waals surface area contributed by atoms with Gasteiger partial charge in [0.15, 0.2) is 0 Å². The van der Waals surface area contributed by atoms with Crippen molar-refractivity contribution in [2.75, 3.05) is 0 Å². The van der Waals surface area contributed by atoms with Crippen LogP contribution < -0.4 is 0 Å². The first-order valence-corrected chi connectivity index (χ1v) is 5.96. The van der Waals surface area contributed by atoms with Gasteiger partial charge in [-0.1, -0.05) is 36.4 Å². The molecule has 0 aromatic heterocycles. The van der Waals surface area contributed by atoms with E-state index < -0.39 is 0 Å². The topological polar surface area (TPSA) is 0 Å². The Labute approximate surface area is 93.0 Å². The minimum Gasteiger partial charge on any atom is -0.0851 e. The number of allylic oxidation sites excluding steroid dienone is 2. The van der Waals surface area contributed by atoms with Crippen molar-refractivity contribution < 1.29 is 0 Å². The monoisotopic (exact) mass is 200 g/mol. The molecule has 0 aliphatic heterocycles. The summed E-state index contributed by atoms with van der Waals surface area (Å²) < 4.78 is 0. The van der Waals surface area contributed by atoms with E-state index in [0.717, 1.165) is 11.8 Å². The maximum atomic E-state index is 2.38. The molecule has 2 aliphatic rings. The summed E-state index contributed by atoms with van der Waals surface area (Å²) in [6.45, 7) is 4.24. The quantitative estimate of drug-likeness (QED) is 0.548. The molecule has 80 valence electrons. The van der Waals surface area contributed by atoms with Gasteiger partial charge in [-0.3, -0.25) is 0 Å². The molecule has 15 heavy (non-hydrogen) atoms. The normalized spacial score (nSPS) is 26.3. The summed E-state index contributed by atoms with van der Waals surface area (Å²) in [6.07, 6.45) is 9.19. The Bertz CT molecular complexity index is 316. The van der Waals surface area contributed by atoms with Crippen LogP contribution in [0.1, 0.15) is 30.4 Å². The summed E-state index contributed by atoms with van der Waals surface area (Å²) in [5.74, 6) is 1.98. The molecule has 0 heterocycles. The molecular weight excluding hydrogens is 180 g/mol. The Morgan fingerprint density at radius 1 is 0.867 bits per heavy atom. The number of aryl methyl sites for hydroxylation is 2. The maximum absolute atomic E-state index is 2.38. The zero-order chi connectivity index (χ0) is 10.7.